The fourth-order valence-corrected chi connectivity index (χ4v) is 7.98. The number of H-pyrrole nitrogens is 2. The Labute approximate surface area is 357 Å². The molecule has 2 N–H and O–H groups in total. The smallest absolute Gasteiger partial charge is 0.164 e. The summed E-state index contributed by atoms with van der Waals surface area (Å²) < 4.78 is 14.3. The second-order valence-electron chi connectivity index (χ2n) is 17.3. The highest BCUT2D eigenvalue weighted by atomic mass is 16.5. The van der Waals surface area contributed by atoms with Crippen molar-refractivity contribution in [3.05, 3.63) is 133 Å². The normalized spacial score (nSPS) is 12.4. The van der Waals surface area contributed by atoms with Crippen LogP contribution in [0.5, 0.6) is 23.0 Å². The number of fused-ring (bicyclic) bond motifs is 20. The Morgan fingerprint density at radius 2 is 0.742 bits per heavy atom. The van der Waals surface area contributed by atoms with Crippen molar-refractivity contribution in [3.63, 3.8) is 0 Å². The van der Waals surface area contributed by atoms with Gasteiger partial charge in [-0.15, -0.1) is 0 Å². The number of hydrogen-bond donors (Lipinski definition) is 2. The van der Waals surface area contributed by atoms with Crippen LogP contribution >= 0.6 is 0 Å². The van der Waals surface area contributed by atoms with Crippen LogP contribution in [-0.2, 0) is 0 Å². The Bertz CT molecular complexity index is 3470. The maximum absolute atomic E-state index is 6.51. The van der Waals surface area contributed by atoms with E-state index in [1.165, 1.54) is 0 Å². The lowest BCUT2D eigenvalue weighted by Gasteiger charge is -2.23. The lowest BCUT2D eigenvalue weighted by atomic mass is 10.1. The minimum Gasteiger partial charge on any atom is -0.457 e. The highest BCUT2D eigenvalue weighted by Crippen LogP contribution is 2.40. The van der Waals surface area contributed by atoms with Gasteiger partial charge in [0, 0.05) is 55.9 Å². The highest BCUT2D eigenvalue weighted by Gasteiger charge is 2.24. The van der Waals surface area contributed by atoms with E-state index in [9.17, 15) is 0 Å². The Kier molecular flexibility index (Phi) is 8.33. The van der Waals surface area contributed by atoms with Crippen LogP contribution < -0.4 is 18.4 Å². The average Bonchev–Trinajstić information content (AvgIpc) is 3.99. The maximum atomic E-state index is 6.51. The van der Waals surface area contributed by atoms with Crippen molar-refractivity contribution in [2.75, 3.05) is 42.3 Å². The molecule has 12 nitrogen and oxygen atoms in total. The van der Waals surface area contributed by atoms with Crippen molar-refractivity contribution < 1.29 is 9.47 Å². The number of ether oxygens (including phenoxy) is 2. The van der Waals surface area contributed by atoms with Gasteiger partial charge in [-0.3, -0.25) is 8.97 Å². The summed E-state index contributed by atoms with van der Waals surface area (Å²) in [6, 6.07) is 44.2. The molecule has 0 saturated heterocycles. The van der Waals surface area contributed by atoms with Gasteiger partial charge in [0.2, 0.25) is 0 Å². The number of rotatable bonds is 6. The van der Waals surface area contributed by atoms with Crippen LogP contribution in [0.25, 0.3) is 89.7 Å². The van der Waals surface area contributed by atoms with E-state index < -0.39 is 0 Å². The van der Waals surface area contributed by atoms with Crippen LogP contribution in [0.3, 0.4) is 0 Å². The van der Waals surface area contributed by atoms with Gasteiger partial charge in [0.05, 0.1) is 42.3 Å². The van der Waals surface area contributed by atoms with Crippen molar-refractivity contribution in [2.45, 2.75) is 0 Å². The lowest BCUT2D eigenvalue weighted by molar-refractivity contribution is 0.466. The van der Waals surface area contributed by atoms with Crippen LogP contribution in [0.4, 0.5) is 11.4 Å². The SMILES string of the molecule is C[N+](C)(C)c1cccc(Oc2ccc3c(c2)-c2nc-3nc3[nH]c(nc4nc(nc5[nH]c(n2)c2ccc(Oc6cccc([N+](C)(C)C)c6)cc52)-c2ccccc2-4)c2ccccc32)c1. The van der Waals surface area contributed by atoms with Crippen LogP contribution in [-0.4, -0.2) is 82.2 Å². The van der Waals surface area contributed by atoms with E-state index in [4.69, 9.17) is 39.4 Å². The van der Waals surface area contributed by atoms with Crippen molar-refractivity contribution in [1.82, 2.24) is 48.8 Å². The fourth-order valence-electron chi connectivity index (χ4n) is 7.98. The monoisotopic (exact) mass is 814 g/mol. The molecule has 0 fully saturated rings. The zero-order valence-electron chi connectivity index (χ0n) is 35.1. The number of aromatic amines is 2. The number of quaternary nitrogens is 2. The first-order valence-corrected chi connectivity index (χ1v) is 20.4. The Morgan fingerprint density at radius 3 is 1.26 bits per heavy atom. The second kappa shape index (κ2) is 13.9. The van der Waals surface area contributed by atoms with E-state index in [0.29, 0.717) is 66.4 Å². The molecule has 0 spiro atoms. The third-order valence-electron chi connectivity index (χ3n) is 11.2. The molecule has 0 atom stereocenters. The molecule has 6 aromatic carbocycles. The van der Waals surface area contributed by atoms with Crippen LogP contribution in [0.1, 0.15) is 0 Å². The van der Waals surface area contributed by atoms with E-state index in [0.717, 1.165) is 66.7 Å². The lowest BCUT2D eigenvalue weighted by Crippen LogP contribution is -2.34. The summed E-state index contributed by atoms with van der Waals surface area (Å²) in [7, 11) is 12.8. The number of nitrogens with zero attached hydrogens (tertiary/aromatic N) is 8. The van der Waals surface area contributed by atoms with E-state index in [1.54, 1.807) is 0 Å². The minimum absolute atomic E-state index is 0.475. The van der Waals surface area contributed by atoms with Crippen LogP contribution in [0.2, 0.25) is 0 Å². The summed E-state index contributed by atoms with van der Waals surface area (Å²) in [5.74, 6) is 4.83. The van der Waals surface area contributed by atoms with Crippen LogP contribution in [0.15, 0.2) is 133 Å². The Morgan fingerprint density at radius 1 is 0.339 bits per heavy atom. The molecule has 0 amide bonds. The molecule has 62 heavy (non-hydrogen) atoms. The molecule has 5 heterocycles. The molecule has 2 aliphatic rings. The van der Waals surface area contributed by atoms with Gasteiger partial charge in [0.15, 0.2) is 23.3 Å². The van der Waals surface area contributed by atoms with E-state index in [1.807, 2.05) is 109 Å². The van der Waals surface area contributed by atoms with Crippen molar-refractivity contribution in [1.29, 1.82) is 0 Å². The zero-order chi connectivity index (χ0) is 42.3. The molecule has 2 aliphatic heterocycles. The number of hydrogen-bond acceptors (Lipinski definition) is 8. The molecule has 3 aromatic heterocycles. The topological polar surface area (TPSA) is 127 Å². The molecule has 0 radical (unpaired) electrons. The summed E-state index contributed by atoms with van der Waals surface area (Å²) >= 11 is 0. The third kappa shape index (κ3) is 6.58. The highest BCUT2D eigenvalue weighted by molar-refractivity contribution is 6.06. The molecular formula is C50H42N10O2+2. The van der Waals surface area contributed by atoms with Gasteiger partial charge < -0.3 is 19.4 Å². The Balaban J connectivity index is 1.16. The maximum Gasteiger partial charge on any atom is 0.164 e. The summed E-state index contributed by atoms with van der Waals surface area (Å²) in [5, 5.41) is 3.46. The molecule has 302 valence electrons. The van der Waals surface area contributed by atoms with Gasteiger partial charge in [0.25, 0.3) is 0 Å². The molecule has 0 saturated carbocycles. The summed E-state index contributed by atoms with van der Waals surface area (Å²) in [4.78, 5) is 38.0. The molecular weight excluding hydrogens is 773 g/mol. The summed E-state index contributed by atoms with van der Waals surface area (Å²) in [6.45, 7) is 0. The predicted molar refractivity (Wildman–Crippen MR) is 248 cm³/mol. The van der Waals surface area contributed by atoms with Crippen molar-refractivity contribution in [3.8, 4) is 68.5 Å². The molecule has 11 rings (SSSR count). The predicted octanol–water partition coefficient (Wildman–Crippen LogP) is 10.8. The molecule has 8 bridgehead atoms. The quantitative estimate of drug-likeness (QED) is 0.159. The van der Waals surface area contributed by atoms with E-state index in [-0.39, 0.29) is 0 Å². The third-order valence-corrected chi connectivity index (χ3v) is 11.2. The first kappa shape index (κ1) is 37.2. The zero-order valence-corrected chi connectivity index (χ0v) is 35.1. The standard InChI is InChI=1S/C50H42N10O2/c1-59(2,3)29-13-11-15-31(25-29)61-33-21-23-39-41(27-33)50-56-47(39)54-45-36-18-8-7-17-35(36)43(52-45)51-44-37-19-9-10-20-38(37)46(53-44)55-49-42-28-34(22-24-40(42)48(57-49)58-50)62-32-16-12-14-30(26-32)60(4,5)6/h7-28H,1-6H3,(H2,51,52,53,54,55,56,57,58)/q+2. The average molecular weight is 815 g/mol. The summed E-state index contributed by atoms with van der Waals surface area (Å²) in [6.07, 6.45) is 0. The molecule has 9 aromatic rings. The Hall–Kier alpha value is -7.80. The van der Waals surface area contributed by atoms with Gasteiger partial charge in [0.1, 0.15) is 57.0 Å². The first-order valence-electron chi connectivity index (χ1n) is 20.4. The van der Waals surface area contributed by atoms with Crippen LogP contribution in [0, 0.1) is 0 Å². The van der Waals surface area contributed by atoms with Gasteiger partial charge in [-0.1, -0.05) is 60.7 Å². The van der Waals surface area contributed by atoms with Gasteiger partial charge in [-0.05, 0) is 60.7 Å². The van der Waals surface area contributed by atoms with E-state index >= 15 is 0 Å². The number of aromatic nitrogens is 8. The summed E-state index contributed by atoms with van der Waals surface area (Å²) in [5.41, 5.74) is 8.00. The number of benzene rings is 6. The van der Waals surface area contributed by atoms with Gasteiger partial charge >= 0.3 is 0 Å². The van der Waals surface area contributed by atoms with Gasteiger partial charge in [-0.25, -0.2) is 29.9 Å². The fraction of sp³-hybridized carbons (Fsp3) is 0.120. The number of nitrogens with one attached hydrogen (secondary N) is 2. The first-order chi connectivity index (χ1) is 29.9. The minimum atomic E-state index is 0.475. The largest absolute Gasteiger partial charge is 0.457 e. The second-order valence-corrected chi connectivity index (χ2v) is 17.3. The van der Waals surface area contributed by atoms with E-state index in [2.05, 4.69) is 76.5 Å². The molecule has 0 aliphatic carbocycles. The van der Waals surface area contributed by atoms with Crippen molar-refractivity contribution >= 4 is 55.5 Å². The van der Waals surface area contributed by atoms with Gasteiger partial charge in [-0.2, -0.15) is 0 Å². The van der Waals surface area contributed by atoms with Crippen molar-refractivity contribution in [2.24, 2.45) is 0 Å². The molecule has 0 unspecified atom stereocenters. The molecule has 12 heteroatoms.